The highest BCUT2D eigenvalue weighted by Crippen LogP contribution is 2.47. The van der Waals surface area contributed by atoms with Crippen LogP contribution in [0, 0.1) is 11.3 Å². The zero-order valence-electron chi connectivity index (χ0n) is 10.1. The van der Waals surface area contributed by atoms with E-state index in [4.69, 9.17) is 24.2 Å². The van der Waals surface area contributed by atoms with Gasteiger partial charge in [-0.2, -0.15) is 5.26 Å². The van der Waals surface area contributed by atoms with Gasteiger partial charge in [-0.1, -0.05) is 0 Å². The van der Waals surface area contributed by atoms with Gasteiger partial charge in [-0.05, 0) is 6.07 Å². The first-order valence-corrected chi connectivity index (χ1v) is 5.11. The highest BCUT2D eigenvalue weighted by atomic mass is 16.6. The number of nitriles is 1. The molecule has 0 aromatic heterocycles. The molecule has 1 atom stereocenters. The largest absolute Gasteiger partial charge is 0.493 e. The fraction of sp³-hybridized carbons (Fsp3) is 0.333. The van der Waals surface area contributed by atoms with Crippen molar-refractivity contribution in [3.05, 3.63) is 17.2 Å². The van der Waals surface area contributed by atoms with E-state index in [-0.39, 0.29) is 11.3 Å². The van der Waals surface area contributed by atoms with Gasteiger partial charge in [0.25, 0.3) is 0 Å². The molecule has 6 nitrogen and oxygen atoms in total. The Balaban J connectivity index is 2.76. The molecule has 0 radical (unpaired) electrons. The lowest BCUT2D eigenvalue weighted by molar-refractivity contribution is 0.0476. The average Bonchev–Trinajstić information content (AvgIpc) is 2.72. The first-order chi connectivity index (χ1) is 8.67. The molecule has 0 saturated carbocycles. The van der Waals surface area contributed by atoms with Crippen LogP contribution < -0.4 is 14.2 Å². The third-order valence-electron chi connectivity index (χ3n) is 2.69. The van der Waals surface area contributed by atoms with Gasteiger partial charge in [-0.15, -0.1) is 0 Å². The van der Waals surface area contributed by atoms with E-state index in [1.165, 1.54) is 27.4 Å². The molecule has 18 heavy (non-hydrogen) atoms. The lowest BCUT2D eigenvalue weighted by atomic mass is 10.0. The summed E-state index contributed by atoms with van der Waals surface area (Å²) in [5.74, 6) is 0.390. The van der Waals surface area contributed by atoms with Crippen molar-refractivity contribution in [2.45, 2.75) is 6.10 Å². The molecule has 6 heteroatoms. The van der Waals surface area contributed by atoms with Crippen molar-refractivity contribution in [2.75, 3.05) is 21.3 Å². The Bertz CT molecular complexity index is 546. The van der Waals surface area contributed by atoms with E-state index in [0.717, 1.165) is 0 Å². The maximum Gasteiger partial charge on any atom is 0.340 e. The molecule has 0 saturated heterocycles. The lowest BCUT2D eigenvalue weighted by Gasteiger charge is -2.15. The molecule has 94 valence electrons. The minimum Gasteiger partial charge on any atom is -0.493 e. The quantitative estimate of drug-likeness (QED) is 0.754. The number of carbonyl (C=O) groups excluding carboxylic acids is 1. The molecule has 0 bridgehead atoms. The van der Waals surface area contributed by atoms with Crippen LogP contribution in [0.3, 0.4) is 0 Å². The molecule has 0 spiro atoms. The second-order valence-corrected chi connectivity index (χ2v) is 3.52. The van der Waals surface area contributed by atoms with Crippen molar-refractivity contribution in [3.63, 3.8) is 0 Å². The smallest absolute Gasteiger partial charge is 0.340 e. The molecular formula is C12H11NO5. The number of fused-ring (bicyclic) bond motifs is 1. The van der Waals surface area contributed by atoms with E-state index in [0.29, 0.717) is 17.1 Å². The number of rotatable bonds is 3. The van der Waals surface area contributed by atoms with Crippen LogP contribution in [0.5, 0.6) is 17.2 Å². The highest BCUT2D eigenvalue weighted by Gasteiger charge is 2.37. The minimum atomic E-state index is -0.984. The van der Waals surface area contributed by atoms with Gasteiger partial charge in [-0.3, -0.25) is 0 Å². The molecule has 1 aliphatic rings. The van der Waals surface area contributed by atoms with E-state index in [2.05, 4.69) is 0 Å². The SMILES string of the molecule is COc1cc2c(c(OC)c1OC)C(C#N)OC2=O. The van der Waals surface area contributed by atoms with Crippen LogP contribution in [0.2, 0.25) is 0 Å². The number of carbonyl (C=O) groups is 1. The Morgan fingerprint density at radius 1 is 1.22 bits per heavy atom. The Labute approximate surface area is 104 Å². The van der Waals surface area contributed by atoms with Crippen LogP contribution in [-0.4, -0.2) is 27.3 Å². The zero-order valence-corrected chi connectivity index (χ0v) is 10.1. The fourth-order valence-corrected chi connectivity index (χ4v) is 1.93. The molecule has 1 aromatic rings. The summed E-state index contributed by atoms with van der Waals surface area (Å²) < 4.78 is 20.5. The number of nitrogens with zero attached hydrogens (tertiary/aromatic N) is 1. The van der Waals surface area contributed by atoms with Crippen LogP contribution in [0.25, 0.3) is 0 Å². The summed E-state index contributed by atoms with van der Waals surface area (Å²) in [7, 11) is 4.33. The summed E-state index contributed by atoms with van der Waals surface area (Å²) in [6, 6.07) is 3.38. The Morgan fingerprint density at radius 2 is 1.89 bits per heavy atom. The van der Waals surface area contributed by atoms with Crippen LogP contribution >= 0.6 is 0 Å². The van der Waals surface area contributed by atoms with E-state index in [1.54, 1.807) is 0 Å². The summed E-state index contributed by atoms with van der Waals surface area (Å²) in [6.07, 6.45) is -0.984. The average molecular weight is 249 g/mol. The molecule has 0 aliphatic carbocycles. The number of benzene rings is 1. The van der Waals surface area contributed by atoms with Crippen molar-refractivity contribution in [3.8, 4) is 23.3 Å². The lowest BCUT2D eigenvalue weighted by Crippen LogP contribution is -2.01. The van der Waals surface area contributed by atoms with Gasteiger partial charge in [0, 0.05) is 0 Å². The summed E-state index contributed by atoms with van der Waals surface area (Å²) in [6.45, 7) is 0. The van der Waals surface area contributed by atoms with Gasteiger partial charge >= 0.3 is 5.97 Å². The minimum absolute atomic E-state index is 0.260. The van der Waals surface area contributed by atoms with Gasteiger partial charge < -0.3 is 18.9 Å². The second kappa shape index (κ2) is 4.45. The number of methoxy groups -OCH3 is 3. The van der Waals surface area contributed by atoms with Crippen molar-refractivity contribution in [1.29, 1.82) is 5.26 Å². The van der Waals surface area contributed by atoms with E-state index in [9.17, 15) is 4.79 Å². The van der Waals surface area contributed by atoms with Crippen molar-refractivity contribution < 1.29 is 23.7 Å². The Hall–Kier alpha value is -2.42. The third-order valence-corrected chi connectivity index (χ3v) is 2.69. The molecule has 0 amide bonds. The number of esters is 1. The van der Waals surface area contributed by atoms with Crippen molar-refractivity contribution >= 4 is 5.97 Å². The van der Waals surface area contributed by atoms with Crippen LogP contribution in [0.4, 0.5) is 0 Å². The maximum absolute atomic E-state index is 11.6. The highest BCUT2D eigenvalue weighted by molar-refractivity contribution is 5.97. The van der Waals surface area contributed by atoms with Gasteiger partial charge in [-0.25, -0.2) is 4.79 Å². The first kappa shape index (κ1) is 12.0. The Kier molecular flexibility index (Phi) is 2.98. The number of ether oxygens (including phenoxy) is 4. The molecule has 1 aliphatic heterocycles. The molecule has 1 aromatic carbocycles. The van der Waals surface area contributed by atoms with Crippen LogP contribution in [0.1, 0.15) is 22.0 Å². The third kappa shape index (κ3) is 1.52. The monoisotopic (exact) mass is 249 g/mol. The molecule has 1 heterocycles. The number of hydrogen-bond donors (Lipinski definition) is 0. The summed E-state index contributed by atoms with van der Waals surface area (Å²) >= 11 is 0. The predicted molar refractivity (Wildman–Crippen MR) is 59.9 cm³/mol. The van der Waals surface area contributed by atoms with E-state index >= 15 is 0 Å². The molecule has 1 unspecified atom stereocenters. The second-order valence-electron chi connectivity index (χ2n) is 3.52. The van der Waals surface area contributed by atoms with Crippen LogP contribution in [-0.2, 0) is 4.74 Å². The van der Waals surface area contributed by atoms with Gasteiger partial charge in [0.15, 0.2) is 11.5 Å². The fourth-order valence-electron chi connectivity index (χ4n) is 1.93. The van der Waals surface area contributed by atoms with E-state index in [1.807, 2.05) is 6.07 Å². The van der Waals surface area contributed by atoms with Gasteiger partial charge in [0.05, 0.1) is 32.5 Å². The van der Waals surface area contributed by atoms with E-state index < -0.39 is 12.1 Å². The summed E-state index contributed by atoms with van der Waals surface area (Å²) in [4.78, 5) is 11.6. The normalized spacial score (nSPS) is 16.6. The van der Waals surface area contributed by atoms with Crippen molar-refractivity contribution in [2.24, 2.45) is 0 Å². The first-order valence-electron chi connectivity index (χ1n) is 5.11. The van der Waals surface area contributed by atoms with Crippen molar-refractivity contribution in [1.82, 2.24) is 0 Å². The predicted octanol–water partition coefficient (Wildman–Crippen LogP) is 1.45. The maximum atomic E-state index is 11.6. The standard InChI is InChI=1S/C12H11NO5/c1-15-7-4-6-9(8(5-13)18-12(6)14)11(17-3)10(7)16-2/h4,8H,1-3H3. The van der Waals surface area contributed by atoms with Gasteiger partial charge in [0.2, 0.25) is 11.9 Å². The molecule has 2 rings (SSSR count). The zero-order chi connectivity index (χ0) is 13.3. The van der Waals surface area contributed by atoms with Gasteiger partial charge in [0.1, 0.15) is 6.07 Å². The summed E-state index contributed by atoms with van der Waals surface area (Å²) in [5, 5.41) is 8.99. The molecule has 0 fully saturated rings. The number of hydrogen-bond acceptors (Lipinski definition) is 6. The Morgan fingerprint density at radius 3 is 2.39 bits per heavy atom. The topological polar surface area (TPSA) is 77.8 Å². The molecule has 0 N–H and O–H groups in total. The summed E-state index contributed by atoms with van der Waals surface area (Å²) in [5.41, 5.74) is 0.638. The number of cyclic esters (lactones) is 1. The molecular weight excluding hydrogens is 238 g/mol. The van der Waals surface area contributed by atoms with Crippen LogP contribution in [0.15, 0.2) is 6.07 Å².